The van der Waals surface area contributed by atoms with E-state index < -0.39 is 10.0 Å². The quantitative estimate of drug-likeness (QED) is 0.491. The number of hydrazine groups is 1. The summed E-state index contributed by atoms with van der Waals surface area (Å²) >= 11 is 0. The summed E-state index contributed by atoms with van der Waals surface area (Å²) < 4.78 is 32.3. The molecule has 0 aliphatic rings. The van der Waals surface area contributed by atoms with Crippen molar-refractivity contribution in [2.45, 2.75) is 30.7 Å². The summed E-state index contributed by atoms with van der Waals surface area (Å²) in [6.07, 6.45) is 1.58. The lowest BCUT2D eigenvalue weighted by Gasteiger charge is -2.18. The van der Waals surface area contributed by atoms with E-state index in [1.165, 1.54) is 6.07 Å². The van der Waals surface area contributed by atoms with Crippen LogP contribution >= 0.6 is 0 Å². The summed E-state index contributed by atoms with van der Waals surface area (Å²) in [5.41, 5.74) is 2.75. The molecule has 0 saturated carbocycles. The zero-order valence-corrected chi connectivity index (χ0v) is 12.0. The lowest BCUT2D eigenvalue weighted by atomic mass is 10.2. The van der Waals surface area contributed by atoms with Gasteiger partial charge in [0.25, 0.3) is 0 Å². The number of nitrogens with two attached hydrogens (primary N) is 1. The number of hydrogen-bond acceptors (Lipinski definition) is 5. The Kier molecular flexibility index (Phi) is 6.23. The number of anilines is 1. The molecule has 0 aliphatic carbocycles. The number of hydrogen-bond donors (Lipinski definition) is 3. The summed E-state index contributed by atoms with van der Waals surface area (Å²) in [5.74, 6) is 5.33. The largest absolute Gasteiger partial charge is 0.383 e. The van der Waals surface area contributed by atoms with Gasteiger partial charge < -0.3 is 10.2 Å². The Hall–Kier alpha value is -1.15. The first-order valence-corrected chi connectivity index (χ1v) is 7.60. The second kappa shape index (κ2) is 7.44. The van der Waals surface area contributed by atoms with Crippen molar-refractivity contribution in [3.8, 4) is 0 Å². The lowest BCUT2D eigenvalue weighted by molar-refractivity contribution is 0.171. The smallest absolute Gasteiger partial charge is 0.243 e. The van der Waals surface area contributed by atoms with Crippen LogP contribution in [-0.4, -0.2) is 28.2 Å². The van der Waals surface area contributed by atoms with Crippen molar-refractivity contribution in [1.82, 2.24) is 4.72 Å². The summed E-state index contributed by atoms with van der Waals surface area (Å²) in [6.45, 7) is 2.33. The van der Waals surface area contributed by atoms with E-state index in [0.29, 0.717) is 18.7 Å². The van der Waals surface area contributed by atoms with Gasteiger partial charge in [-0.25, -0.2) is 13.1 Å². The molecule has 0 aromatic heterocycles. The van der Waals surface area contributed by atoms with Gasteiger partial charge in [0.15, 0.2) is 0 Å². The third-order valence-electron chi connectivity index (χ3n) is 2.66. The van der Waals surface area contributed by atoms with Crippen LogP contribution in [0.3, 0.4) is 0 Å². The predicted octanol–water partition coefficient (Wildman–Crippen LogP) is 1.07. The van der Waals surface area contributed by atoms with E-state index >= 15 is 0 Å². The minimum Gasteiger partial charge on any atom is -0.383 e. The minimum absolute atomic E-state index is 0.134. The number of rotatable bonds is 8. The third-order valence-corrected chi connectivity index (χ3v) is 4.24. The highest BCUT2D eigenvalue weighted by molar-refractivity contribution is 7.89. The van der Waals surface area contributed by atoms with Crippen molar-refractivity contribution in [3.05, 3.63) is 24.3 Å². The standard InChI is InChI=1S/C12H21N3O3S/c1-3-6-10(9-18-2)15-19(16,17)12-8-5-4-7-11(12)14-13/h4-5,7-8,10,14-15H,3,6,9,13H2,1-2H3. The van der Waals surface area contributed by atoms with E-state index in [4.69, 9.17) is 10.6 Å². The van der Waals surface area contributed by atoms with Crippen molar-refractivity contribution >= 4 is 15.7 Å². The normalized spacial score (nSPS) is 13.2. The molecule has 0 fully saturated rings. The van der Waals surface area contributed by atoms with Crippen molar-refractivity contribution in [3.63, 3.8) is 0 Å². The molecule has 1 unspecified atom stereocenters. The average molecular weight is 287 g/mol. The number of benzene rings is 1. The second-order valence-corrected chi connectivity index (χ2v) is 5.89. The summed E-state index contributed by atoms with van der Waals surface area (Å²) in [4.78, 5) is 0.134. The Morgan fingerprint density at radius 1 is 1.37 bits per heavy atom. The molecule has 0 saturated heterocycles. The number of nitrogens with one attached hydrogen (secondary N) is 2. The van der Waals surface area contributed by atoms with Crippen molar-refractivity contribution in [2.24, 2.45) is 5.84 Å². The maximum atomic E-state index is 12.3. The van der Waals surface area contributed by atoms with Gasteiger partial charge in [-0.3, -0.25) is 5.84 Å². The Morgan fingerprint density at radius 3 is 2.63 bits per heavy atom. The van der Waals surface area contributed by atoms with E-state index in [2.05, 4.69) is 10.1 Å². The molecule has 7 heteroatoms. The Balaban J connectivity index is 2.96. The highest BCUT2D eigenvalue weighted by Gasteiger charge is 2.22. The van der Waals surface area contributed by atoms with Crippen LogP contribution in [-0.2, 0) is 14.8 Å². The molecule has 108 valence electrons. The van der Waals surface area contributed by atoms with Crippen molar-refractivity contribution in [2.75, 3.05) is 19.1 Å². The highest BCUT2D eigenvalue weighted by atomic mass is 32.2. The lowest BCUT2D eigenvalue weighted by Crippen LogP contribution is -2.38. The first-order valence-electron chi connectivity index (χ1n) is 6.12. The molecule has 4 N–H and O–H groups in total. The van der Waals surface area contributed by atoms with Crippen LogP contribution in [0.4, 0.5) is 5.69 Å². The van der Waals surface area contributed by atoms with Gasteiger partial charge in [0.1, 0.15) is 4.90 Å². The molecule has 1 aromatic rings. The van der Waals surface area contributed by atoms with Crippen LogP contribution in [0.25, 0.3) is 0 Å². The van der Waals surface area contributed by atoms with Gasteiger partial charge in [-0.2, -0.15) is 0 Å². The number of ether oxygens (including phenoxy) is 1. The van der Waals surface area contributed by atoms with E-state index in [0.717, 1.165) is 6.42 Å². The monoisotopic (exact) mass is 287 g/mol. The minimum atomic E-state index is -3.62. The van der Waals surface area contributed by atoms with Crippen LogP contribution in [0.5, 0.6) is 0 Å². The van der Waals surface area contributed by atoms with Crippen LogP contribution in [0.1, 0.15) is 19.8 Å². The fraction of sp³-hybridized carbons (Fsp3) is 0.500. The van der Waals surface area contributed by atoms with E-state index in [-0.39, 0.29) is 10.9 Å². The van der Waals surface area contributed by atoms with Crippen molar-refractivity contribution < 1.29 is 13.2 Å². The molecular formula is C12H21N3O3S. The zero-order valence-electron chi connectivity index (χ0n) is 11.2. The molecular weight excluding hydrogens is 266 g/mol. The molecule has 6 nitrogen and oxygen atoms in total. The SMILES string of the molecule is CCCC(COC)NS(=O)(=O)c1ccccc1NN. The molecule has 19 heavy (non-hydrogen) atoms. The molecule has 1 atom stereocenters. The molecule has 0 aliphatic heterocycles. The molecule has 0 spiro atoms. The van der Waals surface area contributed by atoms with E-state index in [9.17, 15) is 8.42 Å². The fourth-order valence-corrected chi connectivity index (χ4v) is 3.25. The van der Waals surface area contributed by atoms with Crippen LogP contribution in [0.15, 0.2) is 29.2 Å². The molecule has 1 rings (SSSR count). The van der Waals surface area contributed by atoms with Gasteiger partial charge in [-0.05, 0) is 18.6 Å². The predicted molar refractivity (Wildman–Crippen MR) is 75.1 cm³/mol. The maximum absolute atomic E-state index is 12.3. The Bertz CT molecular complexity index is 485. The highest BCUT2D eigenvalue weighted by Crippen LogP contribution is 2.20. The molecule has 1 aromatic carbocycles. The number of para-hydroxylation sites is 1. The molecule has 0 bridgehead atoms. The van der Waals surface area contributed by atoms with Gasteiger partial charge in [-0.15, -0.1) is 0 Å². The first-order chi connectivity index (χ1) is 9.05. The maximum Gasteiger partial charge on any atom is 0.243 e. The number of sulfonamides is 1. The summed E-state index contributed by atoms with van der Waals surface area (Å²) in [5, 5.41) is 0. The molecule has 0 amide bonds. The van der Waals surface area contributed by atoms with Crippen LogP contribution < -0.4 is 16.0 Å². The van der Waals surface area contributed by atoms with Gasteiger partial charge >= 0.3 is 0 Å². The number of nitrogen functional groups attached to an aromatic ring is 1. The summed E-state index contributed by atoms with van der Waals surface area (Å²) in [6, 6.07) is 6.24. The fourth-order valence-electron chi connectivity index (χ4n) is 1.83. The van der Waals surface area contributed by atoms with Gasteiger partial charge in [0.05, 0.1) is 12.3 Å². The average Bonchev–Trinajstić information content (AvgIpc) is 2.39. The van der Waals surface area contributed by atoms with E-state index in [1.807, 2.05) is 6.92 Å². The Morgan fingerprint density at radius 2 is 2.05 bits per heavy atom. The van der Waals surface area contributed by atoms with Crippen LogP contribution in [0, 0.1) is 0 Å². The molecule has 0 radical (unpaired) electrons. The second-order valence-electron chi connectivity index (χ2n) is 4.20. The first kappa shape index (κ1) is 15.9. The Labute approximate surface area is 114 Å². The summed E-state index contributed by atoms with van der Waals surface area (Å²) in [7, 11) is -2.07. The number of methoxy groups -OCH3 is 1. The van der Waals surface area contributed by atoms with Gasteiger partial charge in [0, 0.05) is 13.2 Å². The topological polar surface area (TPSA) is 93.4 Å². The molecule has 0 heterocycles. The van der Waals surface area contributed by atoms with Crippen LogP contribution in [0.2, 0.25) is 0 Å². The van der Waals surface area contributed by atoms with E-state index in [1.54, 1.807) is 25.3 Å². The zero-order chi connectivity index (χ0) is 14.3. The van der Waals surface area contributed by atoms with Gasteiger partial charge in [0.2, 0.25) is 10.0 Å². The van der Waals surface area contributed by atoms with Crippen molar-refractivity contribution in [1.29, 1.82) is 0 Å². The third kappa shape index (κ3) is 4.46. The van der Waals surface area contributed by atoms with Gasteiger partial charge in [-0.1, -0.05) is 25.5 Å².